The minimum atomic E-state index is 0.0967. The summed E-state index contributed by atoms with van der Waals surface area (Å²) in [5.41, 5.74) is 0.0967. The highest BCUT2D eigenvalue weighted by Gasteiger charge is 2.13. The lowest BCUT2D eigenvalue weighted by Gasteiger charge is -2.28. The predicted octanol–water partition coefficient (Wildman–Crippen LogP) is 1.89. The molecule has 0 aromatic heterocycles. The molecular formula is C8H16N2. The van der Waals surface area contributed by atoms with Crippen LogP contribution in [0, 0.1) is 0 Å². The van der Waals surface area contributed by atoms with Gasteiger partial charge in [-0.3, -0.25) is 5.01 Å². The summed E-state index contributed by atoms with van der Waals surface area (Å²) in [6, 6.07) is 0. The highest BCUT2D eigenvalue weighted by Crippen LogP contribution is 2.09. The molecule has 0 bridgehead atoms. The van der Waals surface area contributed by atoms with E-state index >= 15 is 0 Å². The maximum Gasteiger partial charge on any atom is 0.0491 e. The van der Waals surface area contributed by atoms with Crippen LogP contribution < -0.4 is 0 Å². The first kappa shape index (κ1) is 9.21. The SMILES string of the molecule is C=C/C=N\N(C)C(C)(C)C. The molecule has 0 aromatic rings. The van der Waals surface area contributed by atoms with Crippen molar-refractivity contribution in [2.24, 2.45) is 5.10 Å². The summed E-state index contributed by atoms with van der Waals surface area (Å²) in [5.74, 6) is 0. The van der Waals surface area contributed by atoms with Crippen LogP contribution in [0.15, 0.2) is 17.8 Å². The second kappa shape index (κ2) is 3.40. The summed E-state index contributed by atoms with van der Waals surface area (Å²) < 4.78 is 0. The monoisotopic (exact) mass is 140 g/mol. The maximum absolute atomic E-state index is 4.10. The lowest BCUT2D eigenvalue weighted by atomic mass is 10.1. The van der Waals surface area contributed by atoms with Gasteiger partial charge in [-0.05, 0) is 26.8 Å². The Morgan fingerprint density at radius 2 is 1.90 bits per heavy atom. The van der Waals surface area contributed by atoms with Crippen molar-refractivity contribution in [1.82, 2.24) is 5.01 Å². The quantitative estimate of drug-likeness (QED) is 0.422. The summed E-state index contributed by atoms with van der Waals surface area (Å²) in [7, 11) is 1.94. The Morgan fingerprint density at radius 3 is 2.20 bits per heavy atom. The van der Waals surface area contributed by atoms with Crippen LogP contribution in [0.5, 0.6) is 0 Å². The highest BCUT2D eigenvalue weighted by molar-refractivity contribution is 5.69. The van der Waals surface area contributed by atoms with Crippen LogP contribution >= 0.6 is 0 Å². The molecule has 0 rings (SSSR count). The first-order chi connectivity index (χ1) is 4.48. The second-order valence-electron chi connectivity index (χ2n) is 3.19. The predicted molar refractivity (Wildman–Crippen MR) is 46.2 cm³/mol. The Morgan fingerprint density at radius 1 is 1.40 bits per heavy atom. The molecule has 10 heavy (non-hydrogen) atoms. The number of hydrogen-bond acceptors (Lipinski definition) is 2. The molecular weight excluding hydrogens is 124 g/mol. The molecule has 0 spiro atoms. The van der Waals surface area contributed by atoms with Crippen LogP contribution in [0.2, 0.25) is 0 Å². The van der Waals surface area contributed by atoms with Gasteiger partial charge in [-0.1, -0.05) is 6.58 Å². The normalized spacial score (nSPS) is 12.0. The number of hydrazone groups is 1. The van der Waals surface area contributed by atoms with Crippen molar-refractivity contribution >= 4 is 6.21 Å². The lowest BCUT2D eigenvalue weighted by Crippen LogP contribution is -2.33. The van der Waals surface area contributed by atoms with Crippen LogP contribution in [0.3, 0.4) is 0 Å². The Bertz CT molecular complexity index is 131. The summed E-state index contributed by atoms with van der Waals surface area (Å²) in [5, 5.41) is 6.00. The minimum absolute atomic E-state index is 0.0967. The fraction of sp³-hybridized carbons (Fsp3) is 0.625. The topological polar surface area (TPSA) is 15.6 Å². The first-order valence-electron chi connectivity index (χ1n) is 3.37. The Balaban J connectivity index is 3.96. The third-order valence-electron chi connectivity index (χ3n) is 1.32. The molecule has 0 saturated heterocycles. The van der Waals surface area contributed by atoms with Crippen molar-refractivity contribution < 1.29 is 0 Å². The van der Waals surface area contributed by atoms with Crippen LogP contribution in [0.25, 0.3) is 0 Å². The van der Waals surface area contributed by atoms with E-state index in [0.717, 1.165) is 0 Å². The molecule has 0 aliphatic rings. The summed E-state index contributed by atoms with van der Waals surface area (Å²) in [6.45, 7) is 9.85. The van der Waals surface area contributed by atoms with E-state index < -0.39 is 0 Å². The van der Waals surface area contributed by atoms with E-state index in [0.29, 0.717) is 0 Å². The van der Waals surface area contributed by atoms with Crippen LogP contribution in [0.4, 0.5) is 0 Å². The molecule has 0 unspecified atom stereocenters. The molecule has 0 aliphatic carbocycles. The zero-order valence-corrected chi connectivity index (χ0v) is 7.26. The third-order valence-corrected chi connectivity index (χ3v) is 1.32. The van der Waals surface area contributed by atoms with Crippen molar-refractivity contribution in [3.8, 4) is 0 Å². The van der Waals surface area contributed by atoms with E-state index in [4.69, 9.17) is 0 Å². The molecule has 0 aliphatic heterocycles. The van der Waals surface area contributed by atoms with Crippen molar-refractivity contribution in [1.29, 1.82) is 0 Å². The molecule has 2 heteroatoms. The van der Waals surface area contributed by atoms with Gasteiger partial charge in [0.2, 0.25) is 0 Å². The van der Waals surface area contributed by atoms with E-state index in [1.807, 2.05) is 12.1 Å². The van der Waals surface area contributed by atoms with E-state index in [9.17, 15) is 0 Å². The fourth-order valence-electron chi connectivity index (χ4n) is 0.320. The standard InChI is InChI=1S/C8H16N2/c1-6-7-9-10(5)8(2,3)4/h6-7H,1H2,2-5H3/b9-7-. The van der Waals surface area contributed by atoms with Gasteiger partial charge in [0.25, 0.3) is 0 Å². The van der Waals surface area contributed by atoms with E-state index in [-0.39, 0.29) is 5.54 Å². The van der Waals surface area contributed by atoms with E-state index in [1.165, 1.54) is 0 Å². The molecule has 0 N–H and O–H groups in total. The molecule has 0 aromatic carbocycles. The van der Waals surface area contributed by atoms with Crippen molar-refractivity contribution in [3.63, 3.8) is 0 Å². The molecule has 58 valence electrons. The number of allylic oxidation sites excluding steroid dienone is 1. The summed E-state index contributed by atoms with van der Waals surface area (Å²) >= 11 is 0. The zero-order chi connectivity index (χ0) is 8.20. The van der Waals surface area contributed by atoms with Crippen molar-refractivity contribution in [3.05, 3.63) is 12.7 Å². The molecule has 0 radical (unpaired) electrons. The number of hydrogen-bond donors (Lipinski definition) is 0. The van der Waals surface area contributed by atoms with Gasteiger partial charge in [-0.25, -0.2) is 0 Å². The van der Waals surface area contributed by atoms with E-state index in [1.54, 1.807) is 12.3 Å². The fourth-order valence-corrected chi connectivity index (χ4v) is 0.320. The van der Waals surface area contributed by atoms with Crippen LogP contribution in [-0.4, -0.2) is 23.8 Å². The smallest absolute Gasteiger partial charge is 0.0491 e. The van der Waals surface area contributed by atoms with Gasteiger partial charge in [0.05, 0.1) is 0 Å². The summed E-state index contributed by atoms with van der Waals surface area (Å²) in [6.07, 6.45) is 3.35. The Hall–Kier alpha value is -0.790. The number of rotatable bonds is 2. The molecule has 0 atom stereocenters. The average molecular weight is 140 g/mol. The third kappa shape index (κ3) is 3.28. The van der Waals surface area contributed by atoms with Gasteiger partial charge >= 0.3 is 0 Å². The minimum Gasteiger partial charge on any atom is -0.295 e. The largest absolute Gasteiger partial charge is 0.295 e. The van der Waals surface area contributed by atoms with Crippen LogP contribution in [-0.2, 0) is 0 Å². The van der Waals surface area contributed by atoms with Crippen molar-refractivity contribution in [2.45, 2.75) is 26.3 Å². The first-order valence-corrected chi connectivity index (χ1v) is 3.37. The summed E-state index contributed by atoms with van der Waals surface area (Å²) in [4.78, 5) is 0. The van der Waals surface area contributed by atoms with E-state index in [2.05, 4.69) is 32.5 Å². The van der Waals surface area contributed by atoms with Crippen LogP contribution in [0.1, 0.15) is 20.8 Å². The van der Waals surface area contributed by atoms with Gasteiger partial charge in [0, 0.05) is 18.8 Å². The van der Waals surface area contributed by atoms with Gasteiger partial charge in [-0.15, -0.1) is 0 Å². The zero-order valence-electron chi connectivity index (χ0n) is 7.26. The number of nitrogens with zero attached hydrogens (tertiary/aromatic N) is 2. The van der Waals surface area contributed by atoms with Gasteiger partial charge in [-0.2, -0.15) is 5.10 Å². The Labute approximate surface area is 63.2 Å². The molecule has 0 saturated carbocycles. The Kier molecular flexibility index (Phi) is 3.13. The maximum atomic E-state index is 4.10. The second-order valence-corrected chi connectivity index (χ2v) is 3.19. The molecule has 2 nitrogen and oxygen atoms in total. The lowest BCUT2D eigenvalue weighted by molar-refractivity contribution is 0.185. The van der Waals surface area contributed by atoms with Crippen molar-refractivity contribution in [2.75, 3.05) is 7.05 Å². The highest BCUT2D eigenvalue weighted by atomic mass is 15.5. The molecule has 0 fully saturated rings. The van der Waals surface area contributed by atoms with Gasteiger partial charge in [0.15, 0.2) is 0 Å². The molecule has 0 amide bonds. The van der Waals surface area contributed by atoms with Gasteiger partial charge < -0.3 is 0 Å². The van der Waals surface area contributed by atoms with Gasteiger partial charge in [0.1, 0.15) is 0 Å². The average Bonchev–Trinajstić information content (AvgIpc) is 1.80. The molecule has 0 heterocycles.